The van der Waals surface area contributed by atoms with E-state index in [2.05, 4.69) is 15.5 Å². The Morgan fingerprint density at radius 1 is 0.861 bits per heavy atom. The number of carboxylic acids is 1. The zero-order chi connectivity index (χ0) is 25.1. The number of ether oxygens (including phenoxy) is 1. The van der Waals surface area contributed by atoms with Gasteiger partial charge in [0.05, 0.1) is 23.5 Å². The molecule has 5 rings (SSSR count). The molecule has 1 aliphatic rings. The highest BCUT2D eigenvalue weighted by atomic mass is 16.6. The third-order valence-corrected chi connectivity index (χ3v) is 6.65. The molecule has 0 aliphatic heterocycles. The van der Waals surface area contributed by atoms with Crippen molar-refractivity contribution in [2.75, 3.05) is 5.32 Å². The first-order valence-corrected chi connectivity index (χ1v) is 11.7. The minimum Gasteiger partial charge on any atom is -0.481 e. The summed E-state index contributed by atoms with van der Waals surface area (Å²) in [5.41, 5.74) is 5.11. The number of nitrogens with zero attached hydrogens (tertiary/aromatic N) is 2. The van der Waals surface area contributed by atoms with E-state index in [0.717, 1.165) is 27.8 Å². The second-order valence-electron chi connectivity index (χ2n) is 8.94. The van der Waals surface area contributed by atoms with Crippen molar-refractivity contribution in [3.05, 3.63) is 102 Å². The second-order valence-corrected chi connectivity index (χ2v) is 8.94. The molecular weight excluding hydrogens is 454 g/mol. The average Bonchev–Trinajstić information content (AvgIpc) is 3.72. The minimum atomic E-state index is -0.756. The maximum Gasteiger partial charge on any atom is 0.412 e. The van der Waals surface area contributed by atoms with Gasteiger partial charge in [-0.15, -0.1) is 0 Å². The molecule has 1 heterocycles. The predicted molar refractivity (Wildman–Crippen MR) is 136 cm³/mol. The standard InChI is InChI=1S/C29H25N3O4/c1-19(20-5-3-2-4-6-20)36-28(35)32-26-18-31-30-17-25(26)23-9-7-21(8-10-23)22-11-13-24(14-12-22)29(15-16-29)27(33)34/h2-14,17-19H,15-16H2,1H3,(H,33,34)(H,30,32,35). The van der Waals surface area contributed by atoms with Crippen LogP contribution in [0.1, 0.15) is 37.0 Å². The first kappa shape index (κ1) is 23.2. The Morgan fingerprint density at radius 3 is 2.06 bits per heavy atom. The van der Waals surface area contributed by atoms with Gasteiger partial charge in [-0.05, 0) is 47.6 Å². The van der Waals surface area contributed by atoms with Crippen molar-refractivity contribution >= 4 is 17.7 Å². The summed E-state index contributed by atoms with van der Waals surface area (Å²) in [7, 11) is 0. The van der Waals surface area contributed by atoms with Gasteiger partial charge in [0.25, 0.3) is 0 Å². The quantitative estimate of drug-likeness (QED) is 0.325. The Balaban J connectivity index is 1.30. The molecule has 1 aliphatic carbocycles. The van der Waals surface area contributed by atoms with Crippen molar-refractivity contribution in [1.82, 2.24) is 10.2 Å². The smallest absolute Gasteiger partial charge is 0.412 e. The van der Waals surface area contributed by atoms with E-state index in [9.17, 15) is 14.7 Å². The molecule has 0 radical (unpaired) electrons. The summed E-state index contributed by atoms with van der Waals surface area (Å²) >= 11 is 0. The Kier molecular flexibility index (Phi) is 6.21. The fraction of sp³-hybridized carbons (Fsp3) is 0.172. The lowest BCUT2D eigenvalue weighted by Crippen LogP contribution is -2.19. The van der Waals surface area contributed by atoms with Gasteiger partial charge in [-0.25, -0.2) is 4.79 Å². The fourth-order valence-corrected chi connectivity index (χ4v) is 4.32. The molecule has 180 valence electrons. The van der Waals surface area contributed by atoms with Gasteiger partial charge in [0.1, 0.15) is 6.10 Å². The Morgan fingerprint density at radius 2 is 1.44 bits per heavy atom. The van der Waals surface area contributed by atoms with Crippen molar-refractivity contribution in [3.63, 3.8) is 0 Å². The topological polar surface area (TPSA) is 101 Å². The number of aromatic nitrogens is 2. The molecule has 1 atom stereocenters. The molecule has 1 amide bonds. The third kappa shape index (κ3) is 4.68. The van der Waals surface area contributed by atoms with Crippen LogP contribution < -0.4 is 5.32 Å². The SMILES string of the molecule is CC(OC(=O)Nc1cnncc1-c1ccc(-c2ccc(C3(C(=O)O)CC3)cc2)cc1)c1ccccc1. The average molecular weight is 480 g/mol. The van der Waals surface area contributed by atoms with E-state index in [1.54, 1.807) is 6.20 Å². The molecule has 0 bridgehead atoms. The highest BCUT2D eigenvalue weighted by Crippen LogP contribution is 2.48. The molecule has 3 aromatic carbocycles. The summed E-state index contributed by atoms with van der Waals surface area (Å²) in [4.78, 5) is 24.1. The molecule has 36 heavy (non-hydrogen) atoms. The molecular formula is C29H25N3O4. The van der Waals surface area contributed by atoms with Crippen LogP contribution in [0.2, 0.25) is 0 Å². The Hall–Kier alpha value is -4.52. The molecule has 1 fully saturated rings. The number of nitrogens with one attached hydrogen (secondary N) is 1. The van der Waals surface area contributed by atoms with Crippen LogP contribution in [0, 0.1) is 0 Å². The van der Waals surface area contributed by atoms with Crippen LogP contribution in [-0.2, 0) is 14.9 Å². The van der Waals surface area contributed by atoms with Crippen LogP contribution in [0.3, 0.4) is 0 Å². The largest absolute Gasteiger partial charge is 0.481 e. The van der Waals surface area contributed by atoms with Gasteiger partial charge in [-0.1, -0.05) is 78.9 Å². The molecule has 1 saturated carbocycles. The summed E-state index contributed by atoms with van der Waals surface area (Å²) in [6.45, 7) is 1.82. The number of amides is 1. The van der Waals surface area contributed by atoms with Crippen molar-refractivity contribution in [2.45, 2.75) is 31.3 Å². The highest BCUT2D eigenvalue weighted by molar-refractivity contribution is 5.91. The van der Waals surface area contributed by atoms with Gasteiger partial charge in [0.2, 0.25) is 0 Å². The molecule has 7 heteroatoms. The lowest BCUT2D eigenvalue weighted by atomic mass is 9.93. The van der Waals surface area contributed by atoms with Crippen molar-refractivity contribution < 1.29 is 19.4 Å². The van der Waals surface area contributed by atoms with Gasteiger partial charge in [0, 0.05) is 5.56 Å². The molecule has 1 aromatic heterocycles. The highest BCUT2D eigenvalue weighted by Gasteiger charge is 2.51. The van der Waals surface area contributed by atoms with Crippen LogP contribution in [-0.4, -0.2) is 27.4 Å². The summed E-state index contributed by atoms with van der Waals surface area (Å²) in [5, 5.41) is 20.2. The van der Waals surface area contributed by atoms with Crippen molar-refractivity contribution in [3.8, 4) is 22.3 Å². The number of carbonyl (C=O) groups is 2. The number of carbonyl (C=O) groups excluding carboxylic acids is 1. The predicted octanol–water partition coefficient (Wildman–Crippen LogP) is 6.24. The van der Waals surface area contributed by atoms with Crippen LogP contribution in [0.25, 0.3) is 22.3 Å². The van der Waals surface area contributed by atoms with E-state index < -0.39 is 23.6 Å². The first-order valence-electron chi connectivity index (χ1n) is 11.7. The molecule has 4 aromatic rings. The van der Waals surface area contributed by atoms with E-state index in [-0.39, 0.29) is 0 Å². The van der Waals surface area contributed by atoms with Gasteiger partial charge in [-0.2, -0.15) is 10.2 Å². The van der Waals surface area contributed by atoms with Crippen LogP contribution >= 0.6 is 0 Å². The van der Waals surface area contributed by atoms with Gasteiger partial charge < -0.3 is 9.84 Å². The number of hydrogen-bond donors (Lipinski definition) is 2. The van der Waals surface area contributed by atoms with E-state index in [4.69, 9.17) is 4.74 Å². The van der Waals surface area contributed by atoms with Crippen molar-refractivity contribution in [1.29, 1.82) is 0 Å². The second kappa shape index (κ2) is 9.62. The monoisotopic (exact) mass is 479 g/mol. The fourth-order valence-electron chi connectivity index (χ4n) is 4.32. The summed E-state index contributed by atoms with van der Waals surface area (Å²) in [6, 6.07) is 25.1. The number of benzene rings is 3. The summed E-state index contributed by atoms with van der Waals surface area (Å²) in [6.07, 6.45) is 3.48. The van der Waals surface area contributed by atoms with E-state index in [1.165, 1.54) is 6.20 Å². The van der Waals surface area contributed by atoms with Crippen LogP contribution in [0.15, 0.2) is 91.3 Å². The maximum absolute atomic E-state index is 12.5. The Labute approximate surface area is 208 Å². The normalized spacial score (nSPS) is 14.5. The van der Waals surface area contributed by atoms with Crippen molar-refractivity contribution in [2.24, 2.45) is 0 Å². The lowest BCUT2D eigenvalue weighted by Gasteiger charge is -2.15. The maximum atomic E-state index is 12.5. The van der Waals surface area contributed by atoms with Crippen LogP contribution in [0.4, 0.5) is 10.5 Å². The minimum absolute atomic E-state index is 0.402. The molecule has 0 spiro atoms. The van der Waals surface area contributed by atoms with Gasteiger partial charge in [-0.3, -0.25) is 10.1 Å². The van der Waals surface area contributed by atoms with E-state index in [0.29, 0.717) is 24.1 Å². The molecule has 2 N–H and O–H groups in total. The van der Waals surface area contributed by atoms with E-state index in [1.807, 2.05) is 85.8 Å². The summed E-state index contributed by atoms with van der Waals surface area (Å²) < 4.78 is 5.53. The number of anilines is 1. The molecule has 1 unspecified atom stereocenters. The molecule has 7 nitrogen and oxygen atoms in total. The lowest BCUT2D eigenvalue weighted by molar-refractivity contribution is -0.140. The molecule has 0 saturated heterocycles. The zero-order valence-corrected chi connectivity index (χ0v) is 19.7. The zero-order valence-electron chi connectivity index (χ0n) is 19.7. The van der Waals surface area contributed by atoms with E-state index >= 15 is 0 Å². The van der Waals surface area contributed by atoms with Gasteiger partial charge >= 0.3 is 12.1 Å². The third-order valence-electron chi connectivity index (χ3n) is 6.65. The Bertz CT molecular complexity index is 1380. The number of rotatable bonds is 7. The number of aliphatic carboxylic acids is 1. The number of hydrogen-bond acceptors (Lipinski definition) is 5. The van der Waals surface area contributed by atoms with Gasteiger partial charge in [0.15, 0.2) is 0 Å². The van der Waals surface area contributed by atoms with Crippen LogP contribution in [0.5, 0.6) is 0 Å². The first-order chi connectivity index (χ1) is 17.5. The number of carboxylic acid groups (broad SMARTS) is 1. The summed E-state index contributed by atoms with van der Waals surface area (Å²) in [5.74, 6) is -0.756.